The molecule has 4 nitrogen and oxygen atoms in total. The lowest BCUT2D eigenvalue weighted by Crippen LogP contribution is -2.45. The number of hydrogen-bond acceptors (Lipinski definition) is 3. The minimum atomic E-state index is 0.763. The molecule has 0 spiro atoms. The molecule has 0 bridgehead atoms. The minimum Gasteiger partial charge on any atom is -0.492 e. The Balaban J connectivity index is 1.57. The molecule has 3 rings (SSSR count). The van der Waals surface area contributed by atoms with Gasteiger partial charge in [-0.3, -0.25) is 4.90 Å². The molecule has 1 fully saturated rings. The number of likely N-dealkylation sites (N-methyl/N-ethyl adjacent to an activating group) is 1. The molecule has 114 valence electrons. The maximum Gasteiger partial charge on any atom is 0.121 e. The Hall–Kier alpha value is -1.52. The zero-order chi connectivity index (χ0) is 14.8. The summed E-state index contributed by atoms with van der Waals surface area (Å²) in [5.41, 5.74) is 2.56. The summed E-state index contributed by atoms with van der Waals surface area (Å²) >= 11 is 0. The summed E-state index contributed by atoms with van der Waals surface area (Å²) in [6.07, 6.45) is 2.17. The van der Waals surface area contributed by atoms with E-state index in [1.54, 1.807) is 0 Å². The normalized spacial score (nSPS) is 17.5. The van der Waals surface area contributed by atoms with E-state index in [4.69, 9.17) is 4.74 Å². The first-order chi connectivity index (χ1) is 10.1. The van der Waals surface area contributed by atoms with Crippen molar-refractivity contribution in [2.45, 2.75) is 6.92 Å². The molecule has 1 aromatic carbocycles. The molecule has 0 amide bonds. The summed E-state index contributed by atoms with van der Waals surface area (Å²) in [4.78, 5) is 4.86. The second-order valence-corrected chi connectivity index (χ2v) is 6.10. The average Bonchev–Trinajstić information content (AvgIpc) is 2.76. The van der Waals surface area contributed by atoms with E-state index in [1.807, 2.05) is 0 Å². The van der Waals surface area contributed by atoms with Crippen LogP contribution >= 0.6 is 0 Å². The number of ether oxygens (including phenoxy) is 1. The Morgan fingerprint density at radius 3 is 2.62 bits per heavy atom. The molecule has 1 aliphatic rings. The van der Waals surface area contributed by atoms with Crippen LogP contribution in [0.15, 0.2) is 24.4 Å². The number of rotatable bonds is 4. The van der Waals surface area contributed by atoms with Crippen molar-refractivity contribution in [2.24, 2.45) is 7.05 Å². The van der Waals surface area contributed by atoms with Gasteiger partial charge in [0, 0.05) is 57.4 Å². The van der Waals surface area contributed by atoms with Gasteiger partial charge in [0.15, 0.2) is 0 Å². The van der Waals surface area contributed by atoms with Crippen LogP contribution in [-0.2, 0) is 7.05 Å². The molecule has 0 radical (unpaired) electrons. The molecular weight excluding hydrogens is 262 g/mol. The third-order valence-electron chi connectivity index (χ3n) is 4.43. The van der Waals surface area contributed by atoms with Gasteiger partial charge in [0.1, 0.15) is 12.4 Å². The van der Waals surface area contributed by atoms with Gasteiger partial charge in [-0.25, -0.2) is 0 Å². The van der Waals surface area contributed by atoms with Crippen LogP contribution < -0.4 is 4.74 Å². The van der Waals surface area contributed by atoms with Gasteiger partial charge in [0.2, 0.25) is 0 Å². The molecule has 21 heavy (non-hydrogen) atoms. The van der Waals surface area contributed by atoms with Crippen LogP contribution in [0.4, 0.5) is 0 Å². The van der Waals surface area contributed by atoms with E-state index < -0.39 is 0 Å². The standard InChI is InChI=1S/C17H25N3O/c1-14-13-19(3)17-12-15(4-5-16(14)17)21-11-10-20-8-6-18(2)7-9-20/h4-5,12-13H,6-11H2,1-3H3. The molecule has 0 unspecified atom stereocenters. The van der Waals surface area contributed by atoms with Crippen molar-refractivity contribution >= 4 is 10.9 Å². The summed E-state index contributed by atoms with van der Waals surface area (Å²) in [7, 11) is 4.27. The Morgan fingerprint density at radius 1 is 1.10 bits per heavy atom. The molecule has 2 heterocycles. The number of nitrogens with zero attached hydrogens (tertiary/aromatic N) is 3. The fourth-order valence-corrected chi connectivity index (χ4v) is 3.02. The van der Waals surface area contributed by atoms with E-state index >= 15 is 0 Å². The maximum absolute atomic E-state index is 5.94. The van der Waals surface area contributed by atoms with Gasteiger partial charge in [0.05, 0.1) is 5.52 Å². The highest BCUT2D eigenvalue weighted by atomic mass is 16.5. The lowest BCUT2D eigenvalue weighted by Gasteiger charge is -2.32. The third kappa shape index (κ3) is 3.22. The largest absolute Gasteiger partial charge is 0.492 e. The van der Waals surface area contributed by atoms with Crippen LogP contribution in [0, 0.1) is 6.92 Å². The molecule has 1 saturated heterocycles. The van der Waals surface area contributed by atoms with Gasteiger partial charge >= 0.3 is 0 Å². The predicted molar refractivity (Wildman–Crippen MR) is 87.1 cm³/mol. The summed E-state index contributed by atoms with van der Waals surface area (Å²) in [5.74, 6) is 0.970. The maximum atomic E-state index is 5.94. The second kappa shape index (κ2) is 6.08. The summed E-state index contributed by atoms with van der Waals surface area (Å²) in [5, 5.41) is 1.31. The highest BCUT2D eigenvalue weighted by Gasteiger charge is 2.13. The number of fused-ring (bicyclic) bond motifs is 1. The fraction of sp³-hybridized carbons (Fsp3) is 0.529. The molecule has 4 heteroatoms. The Kier molecular flexibility index (Phi) is 4.17. The summed E-state index contributed by atoms with van der Waals surface area (Å²) < 4.78 is 8.10. The van der Waals surface area contributed by atoms with Gasteiger partial charge in [-0.15, -0.1) is 0 Å². The van der Waals surface area contributed by atoms with Crippen LogP contribution in [0.25, 0.3) is 10.9 Å². The topological polar surface area (TPSA) is 20.6 Å². The third-order valence-corrected chi connectivity index (χ3v) is 4.43. The molecule has 2 aromatic rings. The first kappa shape index (κ1) is 14.4. The number of benzene rings is 1. The lowest BCUT2D eigenvalue weighted by molar-refractivity contribution is 0.134. The summed E-state index contributed by atoms with van der Waals surface area (Å²) in [6.45, 7) is 8.54. The Bertz CT molecular complexity index is 612. The molecule has 0 N–H and O–H groups in total. The highest BCUT2D eigenvalue weighted by Crippen LogP contribution is 2.24. The van der Waals surface area contributed by atoms with E-state index in [2.05, 4.69) is 59.8 Å². The van der Waals surface area contributed by atoms with Gasteiger partial charge in [-0.05, 0) is 31.7 Å². The number of piperazine rings is 1. The lowest BCUT2D eigenvalue weighted by atomic mass is 10.2. The predicted octanol–water partition coefficient (Wildman–Crippen LogP) is 2.11. The smallest absolute Gasteiger partial charge is 0.121 e. The molecule has 0 saturated carbocycles. The van der Waals surface area contributed by atoms with Crippen molar-refractivity contribution in [3.8, 4) is 5.75 Å². The van der Waals surface area contributed by atoms with Crippen molar-refractivity contribution in [1.29, 1.82) is 0 Å². The second-order valence-electron chi connectivity index (χ2n) is 6.10. The van der Waals surface area contributed by atoms with Crippen LogP contribution in [0.2, 0.25) is 0 Å². The quantitative estimate of drug-likeness (QED) is 0.859. The van der Waals surface area contributed by atoms with Crippen molar-refractivity contribution in [1.82, 2.24) is 14.4 Å². The monoisotopic (exact) mass is 287 g/mol. The van der Waals surface area contributed by atoms with Crippen molar-refractivity contribution in [3.05, 3.63) is 30.0 Å². The van der Waals surface area contributed by atoms with E-state index in [1.165, 1.54) is 16.5 Å². The molecule has 0 aliphatic carbocycles. The number of hydrogen-bond donors (Lipinski definition) is 0. The average molecular weight is 287 g/mol. The van der Waals surface area contributed by atoms with Gasteiger partial charge in [-0.2, -0.15) is 0 Å². The SMILES string of the molecule is Cc1cn(C)c2cc(OCCN3CCN(C)CC3)ccc12. The molecular formula is C17H25N3O. The van der Waals surface area contributed by atoms with Crippen LogP contribution in [-0.4, -0.2) is 60.7 Å². The highest BCUT2D eigenvalue weighted by molar-refractivity contribution is 5.84. The molecule has 1 aliphatic heterocycles. The number of aryl methyl sites for hydroxylation is 2. The van der Waals surface area contributed by atoms with Gasteiger partial charge in [-0.1, -0.05) is 0 Å². The Labute approximate surface area is 126 Å². The van der Waals surface area contributed by atoms with E-state index in [9.17, 15) is 0 Å². The zero-order valence-electron chi connectivity index (χ0n) is 13.3. The van der Waals surface area contributed by atoms with Gasteiger partial charge < -0.3 is 14.2 Å². The zero-order valence-corrected chi connectivity index (χ0v) is 13.3. The van der Waals surface area contributed by atoms with Crippen molar-refractivity contribution in [2.75, 3.05) is 46.4 Å². The Morgan fingerprint density at radius 2 is 1.86 bits per heavy atom. The first-order valence-corrected chi connectivity index (χ1v) is 7.73. The van der Waals surface area contributed by atoms with Crippen LogP contribution in [0.5, 0.6) is 5.75 Å². The molecule has 1 aromatic heterocycles. The molecule has 0 atom stereocenters. The minimum absolute atomic E-state index is 0.763. The number of aromatic nitrogens is 1. The van der Waals surface area contributed by atoms with Gasteiger partial charge in [0.25, 0.3) is 0 Å². The summed E-state index contributed by atoms with van der Waals surface area (Å²) in [6, 6.07) is 6.39. The van der Waals surface area contributed by atoms with E-state index in [0.29, 0.717) is 0 Å². The van der Waals surface area contributed by atoms with Crippen LogP contribution in [0.3, 0.4) is 0 Å². The first-order valence-electron chi connectivity index (χ1n) is 7.73. The van der Waals surface area contributed by atoms with Crippen LogP contribution in [0.1, 0.15) is 5.56 Å². The van der Waals surface area contributed by atoms with E-state index in [0.717, 1.165) is 45.1 Å². The van der Waals surface area contributed by atoms with Crippen molar-refractivity contribution in [3.63, 3.8) is 0 Å². The van der Waals surface area contributed by atoms with E-state index in [-0.39, 0.29) is 0 Å². The fourth-order valence-electron chi connectivity index (χ4n) is 3.02. The van der Waals surface area contributed by atoms with Crippen molar-refractivity contribution < 1.29 is 4.74 Å².